The van der Waals surface area contributed by atoms with Crippen LogP contribution < -0.4 is 11.1 Å². The molecule has 0 aromatic heterocycles. The Kier molecular flexibility index (Phi) is 4.13. The zero-order valence-electron chi connectivity index (χ0n) is 12.2. The van der Waals surface area contributed by atoms with E-state index in [-0.39, 0.29) is 5.91 Å². The van der Waals surface area contributed by atoms with Gasteiger partial charge in [-0.25, -0.2) is 0 Å². The fourth-order valence-electron chi connectivity index (χ4n) is 2.51. The molecule has 0 radical (unpaired) electrons. The Morgan fingerprint density at radius 3 is 2.50 bits per heavy atom. The minimum Gasteiger partial charge on any atom is -0.389 e. The molecule has 5 nitrogen and oxygen atoms in total. The van der Waals surface area contributed by atoms with Gasteiger partial charge in [-0.05, 0) is 25.8 Å². The highest BCUT2D eigenvalue weighted by Gasteiger charge is 2.46. The molecule has 0 spiro atoms. The zero-order valence-corrected chi connectivity index (χ0v) is 12.2. The van der Waals surface area contributed by atoms with E-state index in [2.05, 4.69) is 5.32 Å². The summed E-state index contributed by atoms with van der Waals surface area (Å²) in [4.78, 5) is 13.8. The maximum atomic E-state index is 12.2. The van der Waals surface area contributed by atoms with Crippen molar-refractivity contribution in [3.05, 3.63) is 35.9 Å². The fourth-order valence-corrected chi connectivity index (χ4v) is 2.51. The molecule has 2 rings (SSSR count). The minimum absolute atomic E-state index is 0.119. The third-order valence-corrected chi connectivity index (χ3v) is 4.04. The van der Waals surface area contributed by atoms with Crippen LogP contribution in [0.3, 0.4) is 0 Å². The number of nitrogens with two attached hydrogens (primary N) is 1. The Hall–Kier alpha value is -1.43. The smallest absolute Gasteiger partial charge is 0.243 e. The molecule has 20 heavy (non-hydrogen) atoms. The number of nitrogens with zero attached hydrogens (tertiary/aromatic N) is 1. The Balaban J connectivity index is 2.04. The van der Waals surface area contributed by atoms with Gasteiger partial charge in [0.05, 0.1) is 11.8 Å². The summed E-state index contributed by atoms with van der Waals surface area (Å²) in [5, 5.41) is 13.5. The number of likely N-dealkylation sites (N-methyl/N-ethyl adjacent to an activating group) is 1. The van der Waals surface area contributed by atoms with Crippen LogP contribution in [0.4, 0.5) is 0 Å². The van der Waals surface area contributed by atoms with Crippen LogP contribution >= 0.6 is 0 Å². The number of hydrogen-bond donors (Lipinski definition) is 3. The molecular weight excluding hydrogens is 254 g/mol. The lowest BCUT2D eigenvalue weighted by molar-refractivity contribution is -0.132. The van der Waals surface area contributed by atoms with Gasteiger partial charge in [-0.3, -0.25) is 10.1 Å². The molecule has 0 bridgehead atoms. The molecule has 1 aliphatic heterocycles. The molecule has 110 valence electrons. The number of carbonyl (C=O) groups is 1. The predicted molar refractivity (Wildman–Crippen MR) is 77.9 cm³/mol. The van der Waals surface area contributed by atoms with Crippen molar-refractivity contribution in [1.29, 1.82) is 0 Å². The third-order valence-electron chi connectivity index (χ3n) is 4.04. The maximum absolute atomic E-state index is 12.2. The summed E-state index contributed by atoms with van der Waals surface area (Å²) in [7, 11) is 1.73. The van der Waals surface area contributed by atoms with Crippen LogP contribution in [0.1, 0.15) is 19.4 Å². The third kappa shape index (κ3) is 2.85. The Morgan fingerprint density at radius 1 is 1.40 bits per heavy atom. The van der Waals surface area contributed by atoms with Crippen LogP contribution in [-0.2, 0) is 11.2 Å². The van der Waals surface area contributed by atoms with Crippen molar-refractivity contribution >= 4 is 5.91 Å². The van der Waals surface area contributed by atoms with Crippen LogP contribution in [0.2, 0.25) is 0 Å². The quantitative estimate of drug-likeness (QED) is 0.728. The number of carbonyl (C=O) groups excluding carboxylic acids is 1. The second-order valence-electron chi connectivity index (χ2n) is 5.92. The average molecular weight is 277 g/mol. The Bertz CT molecular complexity index is 475. The van der Waals surface area contributed by atoms with Crippen molar-refractivity contribution < 1.29 is 9.90 Å². The van der Waals surface area contributed by atoms with E-state index in [0.29, 0.717) is 6.42 Å². The van der Waals surface area contributed by atoms with E-state index >= 15 is 0 Å². The zero-order chi connectivity index (χ0) is 14.9. The van der Waals surface area contributed by atoms with Gasteiger partial charge >= 0.3 is 0 Å². The molecule has 0 aliphatic carbocycles. The normalized spacial score (nSPS) is 24.8. The Labute approximate surface area is 119 Å². The second kappa shape index (κ2) is 5.52. The van der Waals surface area contributed by atoms with Gasteiger partial charge in [-0.2, -0.15) is 0 Å². The van der Waals surface area contributed by atoms with Gasteiger partial charge in [0.2, 0.25) is 5.91 Å². The molecule has 3 unspecified atom stereocenters. The molecule has 5 heteroatoms. The van der Waals surface area contributed by atoms with Crippen LogP contribution in [-0.4, -0.2) is 46.8 Å². The molecule has 4 N–H and O–H groups in total. The Morgan fingerprint density at radius 2 is 2.00 bits per heavy atom. The lowest BCUT2D eigenvalue weighted by Gasteiger charge is -2.27. The second-order valence-corrected chi connectivity index (χ2v) is 5.92. The number of hydrogen-bond acceptors (Lipinski definition) is 4. The maximum Gasteiger partial charge on any atom is 0.243 e. The van der Waals surface area contributed by atoms with E-state index in [4.69, 9.17) is 5.73 Å². The summed E-state index contributed by atoms with van der Waals surface area (Å²) in [6.07, 6.45) is -0.371. The first-order valence-electron chi connectivity index (χ1n) is 6.86. The summed E-state index contributed by atoms with van der Waals surface area (Å²) < 4.78 is 0. The lowest BCUT2D eigenvalue weighted by Crippen LogP contribution is -2.53. The van der Waals surface area contributed by atoms with E-state index < -0.39 is 23.9 Å². The van der Waals surface area contributed by atoms with Crippen LogP contribution in [0.15, 0.2) is 30.3 Å². The lowest BCUT2D eigenvalue weighted by atomic mass is 9.97. The number of nitrogens with one attached hydrogen (secondary N) is 1. The van der Waals surface area contributed by atoms with Gasteiger partial charge in [-0.15, -0.1) is 0 Å². The van der Waals surface area contributed by atoms with Crippen molar-refractivity contribution in [2.75, 3.05) is 7.05 Å². The highest BCUT2D eigenvalue weighted by atomic mass is 16.3. The summed E-state index contributed by atoms with van der Waals surface area (Å²) in [5.74, 6) is -0.119. The van der Waals surface area contributed by atoms with Gasteiger partial charge in [0, 0.05) is 13.1 Å². The topological polar surface area (TPSA) is 78.6 Å². The van der Waals surface area contributed by atoms with Crippen LogP contribution in [0.25, 0.3) is 0 Å². The highest BCUT2D eigenvalue weighted by Crippen LogP contribution is 2.22. The number of aliphatic hydroxyl groups excluding tert-OH is 1. The molecule has 1 aromatic carbocycles. The van der Waals surface area contributed by atoms with Crippen molar-refractivity contribution in [1.82, 2.24) is 10.2 Å². The van der Waals surface area contributed by atoms with E-state index in [1.807, 2.05) is 44.2 Å². The van der Waals surface area contributed by atoms with Gasteiger partial charge in [0.15, 0.2) is 0 Å². The number of rotatable bonds is 4. The fraction of sp³-hybridized carbons (Fsp3) is 0.533. The molecule has 1 amide bonds. The summed E-state index contributed by atoms with van der Waals surface area (Å²) in [6.45, 7) is 3.81. The molecular formula is C15H23N3O2. The number of aliphatic hydroxyl groups is 1. The standard InChI is InChI=1S/C15H23N3O2/c1-15(2)17-12(14(20)18(15)3)13(19)11(16)9-10-7-5-4-6-8-10/h4-8,11-13,17,19H,9,16H2,1-3H3. The van der Waals surface area contributed by atoms with Crippen LogP contribution in [0, 0.1) is 0 Å². The average Bonchev–Trinajstić information content (AvgIpc) is 2.62. The highest BCUT2D eigenvalue weighted by molar-refractivity contribution is 5.85. The molecule has 1 heterocycles. The minimum atomic E-state index is -0.910. The van der Waals surface area contributed by atoms with E-state index in [1.165, 1.54) is 0 Å². The van der Waals surface area contributed by atoms with E-state index in [1.54, 1.807) is 11.9 Å². The van der Waals surface area contributed by atoms with Gasteiger partial charge in [-0.1, -0.05) is 30.3 Å². The van der Waals surface area contributed by atoms with Crippen molar-refractivity contribution in [2.45, 2.75) is 44.1 Å². The predicted octanol–water partition coefficient (Wildman–Crippen LogP) is 0.0836. The van der Waals surface area contributed by atoms with E-state index in [9.17, 15) is 9.90 Å². The first kappa shape index (κ1) is 15.0. The molecule has 0 saturated carbocycles. The van der Waals surface area contributed by atoms with Gasteiger partial charge < -0.3 is 15.7 Å². The monoisotopic (exact) mass is 277 g/mol. The largest absolute Gasteiger partial charge is 0.389 e. The van der Waals surface area contributed by atoms with Gasteiger partial charge in [0.25, 0.3) is 0 Å². The summed E-state index contributed by atoms with van der Waals surface area (Å²) >= 11 is 0. The molecule has 3 atom stereocenters. The first-order chi connectivity index (χ1) is 9.33. The summed E-state index contributed by atoms with van der Waals surface area (Å²) in [6, 6.07) is 8.61. The molecule has 1 aromatic rings. The molecule has 1 aliphatic rings. The first-order valence-corrected chi connectivity index (χ1v) is 6.86. The summed E-state index contributed by atoms with van der Waals surface area (Å²) in [5.41, 5.74) is 6.65. The molecule has 1 fully saturated rings. The number of benzene rings is 1. The van der Waals surface area contributed by atoms with Crippen molar-refractivity contribution in [2.24, 2.45) is 5.73 Å². The van der Waals surface area contributed by atoms with Crippen LogP contribution in [0.5, 0.6) is 0 Å². The van der Waals surface area contributed by atoms with E-state index in [0.717, 1.165) is 5.56 Å². The van der Waals surface area contributed by atoms with Crippen molar-refractivity contribution in [3.8, 4) is 0 Å². The number of amides is 1. The SMILES string of the molecule is CN1C(=O)C(C(O)C(N)Cc2ccccc2)NC1(C)C. The van der Waals surface area contributed by atoms with Gasteiger partial charge in [0.1, 0.15) is 6.04 Å². The van der Waals surface area contributed by atoms with Crippen molar-refractivity contribution in [3.63, 3.8) is 0 Å². The molecule has 1 saturated heterocycles.